The quantitative estimate of drug-likeness (QED) is 0.527. The van der Waals surface area contributed by atoms with Crippen molar-refractivity contribution in [3.8, 4) is 11.5 Å². The van der Waals surface area contributed by atoms with Gasteiger partial charge in [0, 0.05) is 10.6 Å². The number of rotatable bonds is 7. The summed E-state index contributed by atoms with van der Waals surface area (Å²) in [7, 11) is 0. The Kier molecular flexibility index (Phi) is 6.24. The van der Waals surface area contributed by atoms with E-state index in [2.05, 4.69) is 0 Å². The standard InChI is InChI=1S/C19H19ClO3/c1-3-22-18-6-5-7-19(23-4-2)16(18)12-13-17(21)14-8-10-15(20)11-9-14/h5-13H,3-4H2,1-2H3/b13-12+. The highest BCUT2D eigenvalue weighted by Crippen LogP contribution is 2.30. The molecule has 3 nitrogen and oxygen atoms in total. The lowest BCUT2D eigenvalue weighted by Crippen LogP contribution is -1.99. The van der Waals surface area contributed by atoms with E-state index in [0.717, 1.165) is 5.56 Å². The molecule has 23 heavy (non-hydrogen) atoms. The maximum Gasteiger partial charge on any atom is 0.185 e. The van der Waals surface area contributed by atoms with Gasteiger partial charge in [-0.15, -0.1) is 0 Å². The fraction of sp³-hybridized carbons (Fsp3) is 0.211. The van der Waals surface area contributed by atoms with E-state index in [1.807, 2.05) is 32.0 Å². The summed E-state index contributed by atoms with van der Waals surface area (Å²) >= 11 is 5.84. The maximum absolute atomic E-state index is 12.3. The minimum absolute atomic E-state index is 0.101. The van der Waals surface area contributed by atoms with Crippen LogP contribution < -0.4 is 9.47 Å². The second-order valence-corrected chi connectivity index (χ2v) is 5.17. The van der Waals surface area contributed by atoms with E-state index in [1.54, 1.807) is 30.3 Å². The molecule has 2 aromatic carbocycles. The van der Waals surface area contributed by atoms with Crippen molar-refractivity contribution in [3.05, 3.63) is 64.7 Å². The summed E-state index contributed by atoms with van der Waals surface area (Å²) in [5.41, 5.74) is 1.34. The van der Waals surface area contributed by atoms with Crippen LogP contribution in [-0.2, 0) is 0 Å². The van der Waals surface area contributed by atoms with Crippen molar-refractivity contribution >= 4 is 23.5 Å². The molecular formula is C19H19ClO3. The van der Waals surface area contributed by atoms with Crippen LogP contribution in [0.25, 0.3) is 6.08 Å². The van der Waals surface area contributed by atoms with E-state index in [0.29, 0.717) is 35.3 Å². The van der Waals surface area contributed by atoms with Crippen LogP contribution in [0, 0.1) is 0 Å². The molecule has 0 aromatic heterocycles. The maximum atomic E-state index is 12.3. The first kappa shape index (κ1) is 17.1. The van der Waals surface area contributed by atoms with Gasteiger partial charge in [-0.3, -0.25) is 4.79 Å². The second kappa shape index (κ2) is 8.39. The van der Waals surface area contributed by atoms with Crippen LogP contribution in [0.1, 0.15) is 29.8 Å². The molecule has 0 N–H and O–H groups in total. The van der Waals surface area contributed by atoms with E-state index >= 15 is 0 Å². The van der Waals surface area contributed by atoms with Gasteiger partial charge in [0.15, 0.2) is 5.78 Å². The van der Waals surface area contributed by atoms with Crippen LogP contribution in [0.2, 0.25) is 5.02 Å². The Labute approximate surface area is 141 Å². The highest BCUT2D eigenvalue weighted by Gasteiger charge is 2.09. The van der Waals surface area contributed by atoms with Crippen molar-refractivity contribution in [2.24, 2.45) is 0 Å². The minimum atomic E-state index is -0.101. The molecule has 2 rings (SSSR count). The lowest BCUT2D eigenvalue weighted by molar-refractivity contribution is 0.104. The molecule has 0 fully saturated rings. The molecule has 0 aliphatic carbocycles. The Bertz CT molecular complexity index is 666. The van der Waals surface area contributed by atoms with Crippen molar-refractivity contribution in [1.82, 2.24) is 0 Å². The van der Waals surface area contributed by atoms with Crippen molar-refractivity contribution in [3.63, 3.8) is 0 Å². The predicted octanol–water partition coefficient (Wildman–Crippen LogP) is 5.03. The van der Waals surface area contributed by atoms with Crippen LogP contribution in [-0.4, -0.2) is 19.0 Å². The van der Waals surface area contributed by atoms with Crippen LogP contribution >= 0.6 is 11.6 Å². The summed E-state index contributed by atoms with van der Waals surface area (Å²) in [4.78, 5) is 12.3. The summed E-state index contributed by atoms with van der Waals surface area (Å²) in [6, 6.07) is 12.4. The van der Waals surface area contributed by atoms with Crippen LogP contribution in [0.5, 0.6) is 11.5 Å². The third kappa shape index (κ3) is 4.60. The van der Waals surface area contributed by atoms with Gasteiger partial charge < -0.3 is 9.47 Å². The summed E-state index contributed by atoms with van der Waals surface area (Å²) in [5.74, 6) is 1.28. The zero-order chi connectivity index (χ0) is 16.7. The zero-order valence-corrected chi connectivity index (χ0v) is 14.0. The lowest BCUT2D eigenvalue weighted by Gasteiger charge is -2.12. The molecule has 0 unspecified atom stereocenters. The topological polar surface area (TPSA) is 35.5 Å². The molecular weight excluding hydrogens is 312 g/mol. The highest BCUT2D eigenvalue weighted by atomic mass is 35.5. The Morgan fingerprint density at radius 3 is 2.09 bits per heavy atom. The summed E-state index contributed by atoms with van der Waals surface area (Å²) in [6.07, 6.45) is 3.25. The molecule has 2 aromatic rings. The molecule has 0 aliphatic heterocycles. The molecule has 4 heteroatoms. The molecule has 0 bridgehead atoms. The van der Waals surface area contributed by atoms with Gasteiger partial charge in [0.25, 0.3) is 0 Å². The second-order valence-electron chi connectivity index (χ2n) is 4.74. The molecule has 0 saturated carbocycles. The van der Waals surface area contributed by atoms with E-state index in [4.69, 9.17) is 21.1 Å². The molecule has 0 aliphatic rings. The first-order valence-corrected chi connectivity index (χ1v) is 7.90. The monoisotopic (exact) mass is 330 g/mol. The van der Waals surface area contributed by atoms with E-state index in [-0.39, 0.29) is 5.78 Å². The Morgan fingerprint density at radius 2 is 1.57 bits per heavy atom. The lowest BCUT2D eigenvalue weighted by atomic mass is 10.1. The number of benzene rings is 2. The fourth-order valence-corrected chi connectivity index (χ4v) is 2.25. The number of hydrogen-bond donors (Lipinski definition) is 0. The number of carbonyl (C=O) groups is 1. The molecule has 0 atom stereocenters. The third-order valence-corrected chi connectivity index (χ3v) is 3.41. The zero-order valence-electron chi connectivity index (χ0n) is 13.2. The fourth-order valence-electron chi connectivity index (χ4n) is 2.12. The van der Waals surface area contributed by atoms with Crippen LogP contribution in [0.4, 0.5) is 0 Å². The predicted molar refractivity (Wildman–Crippen MR) is 93.6 cm³/mol. The van der Waals surface area contributed by atoms with Crippen molar-refractivity contribution in [2.45, 2.75) is 13.8 Å². The number of carbonyl (C=O) groups excluding carboxylic acids is 1. The van der Waals surface area contributed by atoms with Gasteiger partial charge in [0.05, 0.1) is 18.8 Å². The first-order valence-electron chi connectivity index (χ1n) is 7.52. The van der Waals surface area contributed by atoms with Crippen molar-refractivity contribution in [2.75, 3.05) is 13.2 Å². The normalized spacial score (nSPS) is 10.7. The summed E-state index contributed by atoms with van der Waals surface area (Å²) in [6.45, 7) is 4.92. The van der Waals surface area contributed by atoms with E-state index < -0.39 is 0 Å². The Morgan fingerprint density at radius 1 is 1.00 bits per heavy atom. The van der Waals surface area contributed by atoms with Crippen molar-refractivity contribution in [1.29, 1.82) is 0 Å². The minimum Gasteiger partial charge on any atom is -0.493 e. The first-order chi connectivity index (χ1) is 11.2. The van der Waals surface area contributed by atoms with Gasteiger partial charge in [-0.1, -0.05) is 17.7 Å². The average molecular weight is 331 g/mol. The molecule has 0 saturated heterocycles. The molecule has 0 radical (unpaired) electrons. The molecule has 0 spiro atoms. The molecule has 0 amide bonds. The largest absolute Gasteiger partial charge is 0.493 e. The van der Waals surface area contributed by atoms with Crippen molar-refractivity contribution < 1.29 is 14.3 Å². The number of hydrogen-bond acceptors (Lipinski definition) is 3. The summed E-state index contributed by atoms with van der Waals surface area (Å²) < 4.78 is 11.2. The number of ketones is 1. The van der Waals surface area contributed by atoms with Gasteiger partial charge in [-0.25, -0.2) is 0 Å². The number of halogens is 1. The van der Waals surface area contributed by atoms with Gasteiger partial charge >= 0.3 is 0 Å². The molecule has 0 heterocycles. The van der Waals surface area contributed by atoms with Crippen LogP contribution in [0.15, 0.2) is 48.5 Å². The van der Waals surface area contributed by atoms with Gasteiger partial charge in [-0.05, 0) is 62.4 Å². The van der Waals surface area contributed by atoms with Gasteiger partial charge in [0.2, 0.25) is 0 Å². The van der Waals surface area contributed by atoms with E-state index in [9.17, 15) is 4.79 Å². The van der Waals surface area contributed by atoms with Gasteiger partial charge in [-0.2, -0.15) is 0 Å². The number of ether oxygens (including phenoxy) is 2. The average Bonchev–Trinajstić information content (AvgIpc) is 2.55. The Hall–Kier alpha value is -2.26. The van der Waals surface area contributed by atoms with E-state index in [1.165, 1.54) is 6.08 Å². The number of allylic oxidation sites excluding steroid dienone is 1. The van der Waals surface area contributed by atoms with Crippen LogP contribution in [0.3, 0.4) is 0 Å². The molecule has 120 valence electrons. The van der Waals surface area contributed by atoms with Gasteiger partial charge in [0.1, 0.15) is 11.5 Å². The smallest absolute Gasteiger partial charge is 0.185 e. The summed E-state index contributed by atoms with van der Waals surface area (Å²) in [5, 5.41) is 0.603. The Balaban J connectivity index is 2.29. The third-order valence-electron chi connectivity index (χ3n) is 3.16. The highest BCUT2D eigenvalue weighted by molar-refractivity contribution is 6.30. The SMILES string of the molecule is CCOc1cccc(OCC)c1/C=C/C(=O)c1ccc(Cl)cc1.